The van der Waals surface area contributed by atoms with Crippen LogP contribution in [0.2, 0.25) is 0 Å². The predicted molar refractivity (Wildman–Crippen MR) is 105 cm³/mol. The van der Waals surface area contributed by atoms with E-state index in [1.54, 1.807) is 0 Å². The molecule has 2 rings (SSSR count). The molecule has 3 heteroatoms. The quantitative estimate of drug-likeness (QED) is 0.465. The average Bonchev–Trinajstić information content (AvgIpc) is 2.62. The number of allylic oxidation sites excluding steroid dienone is 2. The number of hydrogen-bond donors (Lipinski definition) is 0. The number of carbonyl (C=O) groups excluding carboxylic acids is 1. The maximum Gasteiger partial charge on any atom is 0.306 e. The fourth-order valence-corrected chi connectivity index (χ4v) is 2.92. The molecule has 0 fully saturated rings. The van der Waals surface area contributed by atoms with Gasteiger partial charge >= 0.3 is 5.97 Å². The number of esters is 1. The van der Waals surface area contributed by atoms with Gasteiger partial charge in [0.1, 0.15) is 12.4 Å². The largest absolute Gasteiger partial charge is 0.489 e. The van der Waals surface area contributed by atoms with Gasteiger partial charge in [-0.2, -0.15) is 0 Å². The first kappa shape index (κ1) is 19.8. The van der Waals surface area contributed by atoms with Crippen LogP contribution in [0.3, 0.4) is 0 Å². The van der Waals surface area contributed by atoms with Gasteiger partial charge in [-0.25, -0.2) is 0 Å². The number of rotatable bonds is 8. The summed E-state index contributed by atoms with van der Waals surface area (Å²) in [6.45, 7) is 8.87. The predicted octanol–water partition coefficient (Wildman–Crippen LogP) is 5.50. The van der Waals surface area contributed by atoms with Crippen molar-refractivity contribution in [3.63, 3.8) is 0 Å². The Kier molecular flexibility index (Phi) is 7.46. The van der Waals surface area contributed by atoms with E-state index < -0.39 is 0 Å². The summed E-state index contributed by atoms with van der Waals surface area (Å²) in [5, 5.41) is 0. The second-order valence-electron chi connectivity index (χ2n) is 6.38. The lowest BCUT2D eigenvalue weighted by Gasteiger charge is -2.16. The van der Waals surface area contributed by atoms with E-state index in [-0.39, 0.29) is 11.9 Å². The van der Waals surface area contributed by atoms with Crippen LogP contribution < -0.4 is 4.74 Å². The van der Waals surface area contributed by atoms with Gasteiger partial charge in [0.25, 0.3) is 0 Å². The molecule has 0 radical (unpaired) electrons. The molecule has 2 aromatic carbocycles. The summed E-state index contributed by atoms with van der Waals surface area (Å²) in [5.41, 5.74) is 4.57. The number of hydrogen-bond acceptors (Lipinski definition) is 3. The third-order valence-electron chi connectivity index (χ3n) is 4.39. The Morgan fingerprint density at radius 2 is 1.88 bits per heavy atom. The lowest BCUT2D eigenvalue weighted by Crippen LogP contribution is -2.09. The molecule has 1 unspecified atom stereocenters. The number of carbonyl (C=O) groups is 1. The Labute approximate surface area is 156 Å². The van der Waals surface area contributed by atoms with E-state index in [4.69, 9.17) is 9.47 Å². The molecule has 0 aliphatic heterocycles. The molecule has 0 heterocycles. The summed E-state index contributed by atoms with van der Waals surface area (Å²) in [6, 6.07) is 14.3. The Morgan fingerprint density at radius 3 is 2.54 bits per heavy atom. The third-order valence-corrected chi connectivity index (χ3v) is 4.39. The van der Waals surface area contributed by atoms with Crippen molar-refractivity contribution < 1.29 is 14.3 Å². The minimum Gasteiger partial charge on any atom is -0.489 e. The molecule has 0 amide bonds. The molecule has 1 atom stereocenters. The highest BCUT2D eigenvalue weighted by Gasteiger charge is 2.15. The van der Waals surface area contributed by atoms with E-state index in [2.05, 4.69) is 25.1 Å². The van der Waals surface area contributed by atoms with Crippen LogP contribution in [0.5, 0.6) is 5.75 Å². The fourth-order valence-electron chi connectivity index (χ4n) is 2.92. The zero-order valence-corrected chi connectivity index (χ0v) is 16.1. The highest BCUT2D eigenvalue weighted by molar-refractivity contribution is 5.71. The molecule has 0 N–H and O–H groups in total. The maximum atomic E-state index is 11.9. The fraction of sp³-hybridized carbons (Fsp3) is 0.348. The van der Waals surface area contributed by atoms with Crippen LogP contribution in [0, 0.1) is 13.8 Å². The smallest absolute Gasteiger partial charge is 0.306 e. The van der Waals surface area contributed by atoms with Crippen LogP contribution in [-0.4, -0.2) is 12.6 Å². The van der Waals surface area contributed by atoms with E-state index in [1.165, 1.54) is 11.1 Å². The van der Waals surface area contributed by atoms with Gasteiger partial charge in [0, 0.05) is 5.92 Å². The summed E-state index contributed by atoms with van der Waals surface area (Å²) >= 11 is 0. The van der Waals surface area contributed by atoms with E-state index in [1.807, 2.05) is 57.2 Å². The van der Waals surface area contributed by atoms with E-state index >= 15 is 0 Å². The van der Waals surface area contributed by atoms with Crippen molar-refractivity contribution in [2.24, 2.45) is 0 Å². The van der Waals surface area contributed by atoms with Gasteiger partial charge < -0.3 is 9.47 Å². The Morgan fingerprint density at radius 1 is 1.12 bits per heavy atom. The van der Waals surface area contributed by atoms with Crippen LogP contribution in [0.25, 0.3) is 0 Å². The van der Waals surface area contributed by atoms with Gasteiger partial charge in [-0.05, 0) is 56.0 Å². The molecule has 0 spiro atoms. The molecule has 0 bridgehead atoms. The van der Waals surface area contributed by atoms with Crippen LogP contribution >= 0.6 is 0 Å². The van der Waals surface area contributed by atoms with Crippen molar-refractivity contribution in [3.05, 3.63) is 76.9 Å². The lowest BCUT2D eigenvalue weighted by molar-refractivity contribution is -0.143. The monoisotopic (exact) mass is 352 g/mol. The highest BCUT2D eigenvalue weighted by atomic mass is 16.5. The van der Waals surface area contributed by atoms with Gasteiger partial charge in [-0.1, -0.05) is 48.6 Å². The first-order chi connectivity index (χ1) is 12.5. The van der Waals surface area contributed by atoms with Crippen molar-refractivity contribution in [1.82, 2.24) is 0 Å². The molecule has 0 saturated heterocycles. The van der Waals surface area contributed by atoms with Gasteiger partial charge in [-0.15, -0.1) is 0 Å². The Hall–Kier alpha value is -2.55. The summed E-state index contributed by atoms with van der Waals surface area (Å²) in [5.74, 6) is 0.712. The molecule has 0 saturated carbocycles. The van der Waals surface area contributed by atoms with Gasteiger partial charge in [0.05, 0.1) is 13.0 Å². The van der Waals surface area contributed by atoms with Gasteiger partial charge in [-0.3, -0.25) is 4.79 Å². The van der Waals surface area contributed by atoms with Crippen molar-refractivity contribution in [3.8, 4) is 5.75 Å². The van der Waals surface area contributed by atoms with Crippen LogP contribution in [0.4, 0.5) is 0 Å². The molecule has 0 aliphatic carbocycles. The molecule has 26 heavy (non-hydrogen) atoms. The lowest BCUT2D eigenvalue weighted by atomic mass is 9.93. The number of ether oxygens (including phenoxy) is 2. The summed E-state index contributed by atoms with van der Waals surface area (Å²) < 4.78 is 11.1. The molecule has 138 valence electrons. The van der Waals surface area contributed by atoms with E-state index in [9.17, 15) is 4.79 Å². The van der Waals surface area contributed by atoms with Gasteiger partial charge in [0.2, 0.25) is 0 Å². The maximum absolute atomic E-state index is 11.9. The molecule has 0 aromatic heterocycles. The molecule has 0 aliphatic rings. The second-order valence-corrected chi connectivity index (χ2v) is 6.38. The zero-order valence-electron chi connectivity index (χ0n) is 16.1. The van der Waals surface area contributed by atoms with E-state index in [0.29, 0.717) is 19.6 Å². The molecular weight excluding hydrogens is 324 g/mol. The number of aryl methyl sites for hydroxylation is 2. The van der Waals surface area contributed by atoms with Crippen molar-refractivity contribution in [1.29, 1.82) is 0 Å². The number of benzene rings is 2. The standard InChI is InChI=1S/C23H28O3/c1-5-9-19(15-23(24)25-6-2)20-12-13-22(18(4)14-20)26-16-21-11-8-7-10-17(21)3/h5,7-14,19H,6,15-16H2,1-4H3. The zero-order chi connectivity index (χ0) is 18.9. The minimum absolute atomic E-state index is 0.0168. The van der Waals surface area contributed by atoms with Crippen molar-refractivity contribution in [2.45, 2.75) is 46.6 Å². The summed E-state index contributed by atoms with van der Waals surface area (Å²) in [7, 11) is 0. The molecule has 2 aromatic rings. The second kappa shape index (κ2) is 9.81. The topological polar surface area (TPSA) is 35.5 Å². The SMILES string of the molecule is CC=CC(CC(=O)OCC)c1ccc(OCc2ccccc2C)c(C)c1. The van der Waals surface area contributed by atoms with Gasteiger partial charge in [0.15, 0.2) is 0 Å². The average molecular weight is 352 g/mol. The van der Waals surface area contributed by atoms with Crippen molar-refractivity contribution in [2.75, 3.05) is 6.61 Å². The third kappa shape index (κ3) is 5.48. The Bertz CT molecular complexity index is 762. The first-order valence-corrected chi connectivity index (χ1v) is 9.11. The minimum atomic E-state index is -0.173. The Balaban J connectivity index is 2.11. The van der Waals surface area contributed by atoms with Crippen LogP contribution in [0.15, 0.2) is 54.6 Å². The summed E-state index contributed by atoms with van der Waals surface area (Å²) in [4.78, 5) is 11.9. The van der Waals surface area contributed by atoms with E-state index in [0.717, 1.165) is 16.9 Å². The molecule has 3 nitrogen and oxygen atoms in total. The molecular formula is C23H28O3. The normalized spacial score (nSPS) is 12.2. The van der Waals surface area contributed by atoms with Crippen LogP contribution in [0.1, 0.15) is 48.4 Å². The van der Waals surface area contributed by atoms with Crippen molar-refractivity contribution >= 4 is 5.97 Å². The first-order valence-electron chi connectivity index (χ1n) is 9.11. The highest BCUT2D eigenvalue weighted by Crippen LogP contribution is 2.28. The summed E-state index contributed by atoms with van der Waals surface area (Å²) in [6.07, 6.45) is 4.36. The van der Waals surface area contributed by atoms with Crippen LogP contribution in [-0.2, 0) is 16.1 Å².